The van der Waals surface area contributed by atoms with Gasteiger partial charge in [0.15, 0.2) is 11.5 Å². The summed E-state index contributed by atoms with van der Waals surface area (Å²) in [5.41, 5.74) is 12.6. The van der Waals surface area contributed by atoms with Crippen molar-refractivity contribution < 1.29 is 4.94 Å². The fourth-order valence-electron chi connectivity index (χ4n) is 3.52. The maximum Gasteiger partial charge on any atom is 0.196 e. The van der Waals surface area contributed by atoms with Gasteiger partial charge in [-0.05, 0) is 38.0 Å². The van der Waals surface area contributed by atoms with E-state index >= 15 is 0 Å². The lowest BCUT2D eigenvalue weighted by molar-refractivity contribution is 0.0899. The number of anilines is 2. The molecule has 0 aliphatic carbocycles. The van der Waals surface area contributed by atoms with E-state index in [4.69, 9.17) is 10.7 Å². The zero-order valence-electron chi connectivity index (χ0n) is 15.9. The number of nitrogens with zero attached hydrogens (tertiary/aromatic N) is 3. The number of halogens is 4. The first kappa shape index (κ1) is 27.6. The maximum absolute atomic E-state index is 5.91. The highest BCUT2D eigenvalue weighted by Crippen LogP contribution is 2.39. The summed E-state index contributed by atoms with van der Waals surface area (Å²) in [4.78, 5) is 11.5. The smallest absolute Gasteiger partial charge is 0.196 e. The van der Waals surface area contributed by atoms with Crippen LogP contribution in [0.15, 0.2) is 29.1 Å². The number of rotatable bonds is 4. The third kappa shape index (κ3) is 5.62. The van der Waals surface area contributed by atoms with Gasteiger partial charge < -0.3 is 26.6 Å². The third-order valence-corrected chi connectivity index (χ3v) is 4.81. The van der Waals surface area contributed by atoms with Crippen molar-refractivity contribution in [1.82, 2.24) is 21.1 Å². The Bertz CT molecular complexity index is 727. The molecule has 13 heteroatoms. The van der Waals surface area contributed by atoms with Crippen molar-refractivity contribution in [2.45, 2.75) is 32.4 Å². The van der Waals surface area contributed by atoms with Gasteiger partial charge in [0, 0.05) is 30.9 Å². The second kappa shape index (κ2) is 12.4. The van der Waals surface area contributed by atoms with E-state index in [0.717, 1.165) is 61.8 Å². The number of fused-ring (bicyclic) bond motifs is 1. The van der Waals surface area contributed by atoms with Crippen LogP contribution in [0.3, 0.4) is 0 Å². The van der Waals surface area contributed by atoms with E-state index in [2.05, 4.69) is 43.4 Å². The first-order valence-electron chi connectivity index (χ1n) is 8.73. The molecule has 1 fully saturated rings. The van der Waals surface area contributed by atoms with Gasteiger partial charge >= 0.3 is 0 Å². The Hall–Kier alpha value is -1.36. The zero-order chi connectivity index (χ0) is 17.2. The highest BCUT2D eigenvalue weighted by Gasteiger charge is 2.31. The van der Waals surface area contributed by atoms with Crippen LogP contribution in [-0.4, -0.2) is 36.5 Å². The largest absolute Gasteiger partial charge is 0.379 e. The van der Waals surface area contributed by atoms with E-state index in [0.29, 0.717) is 17.6 Å². The Kier molecular flexibility index (Phi) is 11.8. The summed E-state index contributed by atoms with van der Waals surface area (Å²) in [7, 11) is 0. The van der Waals surface area contributed by atoms with E-state index < -0.39 is 0 Å². The molecule has 1 aromatic rings. The first-order valence-corrected chi connectivity index (χ1v) is 8.73. The maximum atomic E-state index is 5.91. The van der Waals surface area contributed by atoms with Crippen LogP contribution in [-0.2, 0) is 11.5 Å². The third-order valence-electron chi connectivity index (χ3n) is 4.81. The van der Waals surface area contributed by atoms with Crippen molar-refractivity contribution in [2.24, 2.45) is 10.9 Å². The zero-order valence-corrected chi connectivity index (χ0v) is 19.2. The van der Waals surface area contributed by atoms with Crippen molar-refractivity contribution in [3.05, 3.63) is 29.5 Å². The molecule has 3 aliphatic heterocycles. The number of hydrogen-bond donors (Lipinski definition) is 5. The predicted molar refractivity (Wildman–Crippen MR) is 125 cm³/mol. The number of nitrogens with two attached hydrogens (primary N) is 1. The lowest BCUT2D eigenvalue weighted by Crippen LogP contribution is -2.39. The monoisotopic (exact) mass is 488 g/mol. The number of hydroxylamine groups is 1. The van der Waals surface area contributed by atoms with Gasteiger partial charge in [0.25, 0.3) is 0 Å². The summed E-state index contributed by atoms with van der Waals surface area (Å²) in [5.74, 6) is 1.17. The minimum Gasteiger partial charge on any atom is -0.379 e. The molecule has 6 N–H and O–H groups in total. The number of piperidine rings is 1. The highest BCUT2D eigenvalue weighted by molar-refractivity contribution is 6.00. The van der Waals surface area contributed by atoms with Gasteiger partial charge in [-0.2, -0.15) is 5.48 Å². The molecule has 3 aliphatic rings. The molecule has 0 spiro atoms. The fraction of sp³-hybridized carbons (Fsp3) is 0.500. The summed E-state index contributed by atoms with van der Waals surface area (Å²) >= 11 is 0. The molecule has 1 aromatic heterocycles. The molecule has 4 heterocycles. The van der Waals surface area contributed by atoms with Crippen LogP contribution in [0.2, 0.25) is 0 Å². The van der Waals surface area contributed by atoms with Crippen molar-refractivity contribution >= 4 is 66.8 Å². The Labute approximate surface area is 195 Å². The van der Waals surface area contributed by atoms with Gasteiger partial charge in [0.05, 0.1) is 17.6 Å². The Morgan fingerprint density at radius 1 is 1.21 bits per heavy atom. The molecule has 0 atom stereocenters. The summed E-state index contributed by atoms with van der Waals surface area (Å²) in [6, 6.07) is 0.548. The Morgan fingerprint density at radius 2 is 1.93 bits per heavy atom. The average Bonchev–Trinajstić information content (AvgIpc) is 3.23. The SMILES string of the molecule is CCN1C(=C2NON=C2N)Nc2cncc(CNC3CCNCC3)c21.Cl.Cl.Cl.Cl. The van der Waals surface area contributed by atoms with Crippen LogP contribution >= 0.6 is 49.6 Å². The molecule has 9 nitrogen and oxygen atoms in total. The van der Waals surface area contributed by atoms with Crippen molar-refractivity contribution in [1.29, 1.82) is 0 Å². The van der Waals surface area contributed by atoms with Gasteiger partial charge in [-0.25, -0.2) is 0 Å². The van der Waals surface area contributed by atoms with E-state index in [1.54, 1.807) is 0 Å². The standard InChI is InChI=1S/C16H24N8O.4ClH/c1-2-24-14-10(8-20-11-3-5-18-6-4-11)7-19-9-12(14)21-16(24)13-15(17)23-25-22-13;;;;/h7,9,11,18,20-22H,2-6,8H2,1H3,(H2,17,23);4*1H. The van der Waals surface area contributed by atoms with E-state index in [-0.39, 0.29) is 49.6 Å². The molecule has 0 aromatic carbocycles. The molecule has 29 heavy (non-hydrogen) atoms. The normalized spacial score (nSPS) is 19.8. The molecule has 0 saturated carbocycles. The fourth-order valence-corrected chi connectivity index (χ4v) is 3.52. The van der Waals surface area contributed by atoms with Gasteiger partial charge in [-0.15, -0.1) is 49.6 Å². The Morgan fingerprint density at radius 3 is 2.55 bits per heavy atom. The van der Waals surface area contributed by atoms with Crippen molar-refractivity contribution in [3.63, 3.8) is 0 Å². The van der Waals surface area contributed by atoms with Gasteiger partial charge in [0.2, 0.25) is 0 Å². The summed E-state index contributed by atoms with van der Waals surface area (Å²) in [6.07, 6.45) is 6.08. The predicted octanol–water partition coefficient (Wildman–Crippen LogP) is 1.84. The summed E-state index contributed by atoms with van der Waals surface area (Å²) < 4.78 is 0. The van der Waals surface area contributed by atoms with Crippen LogP contribution in [0.4, 0.5) is 11.4 Å². The summed E-state index contributed by atoms with van der Waals surface area (Å²) in [5, 5.41) is 14.2. The minimum atomic E-state index is 0. The topological polar surface area (TPSA) is 112 Å². The van der Waals surface area contributed by atoms with Crippen LogP contribution in [0.5, 0.6) is 0 Å². The molecule has 0 unspecified atom stereocenters. The first-order chi connectivity index (χ1) is 12.3. The van der Waals surface area contributed by atoms with Crippen molar-refractivity contribution in [3.8, 4) is 0 Å². The van der Waals surface area contributed by atoms with E-state index in [1.165, 1.54) is 0 Å². The van der Waals surface area contributed by atoms with Gasteiger partial charge in [-0.3, -0.25) is 9.92 Å². The Balaban J connectivity index is 0.00000196. The van der Waals surface area contributed by atoms with Crippen molar-refractivity contribution in [2.75, 3.05) is 29.9 Å². The number of hydrogen-bond acceptors (Lipinski definition) is 9. The number of aromatic nitrogens is 1. The van der Waals surface area contributed by atoms with Crippen LogP contribution in [0.25, 0.3) is 0 Å². The molecular weight excluding hydrogens is 462 g/mol. The second-order valence-electron chi connectivity index (χ2n) is 6.36. The van der Waals surface area contributed by atoms with E-state index in [9.17, 15) is 0 Å². The molecule has 1 saturated heterocycles. The summed E-state index contributed by atoms with van der Waals surface area (Å²) in [6.45, 7) is 5.83. The number of nitrogens with one attached hydrogen (secondary N) is 4. The van der Waals surface area contributed by atoms with Gasteiger partial charge in [0.1, 0.15) is 5.82 Å². The molecule has 166 valence electrons. The molecule has 0 amide bonds. The lowest BCUT2D eigenvalue weighted by Gasteiger charge is -2.25. The van der Waals surface area contributed by atoms with E-state index in [1.807, 2.05) is 12.4 Å². The number of pyridine rings is 1. The lowest BCUT2D eigenvalue weighted by atomic mass is 10.1. The van der Waals surface area contributed by atoms with Crippen LogP contribution in [0, 0.1) is 0 Å². The molecule has 4 rings (SSSR count). The highest BCUT2D eigenvalue weighted by atomic mass is 35.5. The minimum absolute atomic E-state index is 0. The second-order valence-corrected chi connectivity index (χ2v) is 6.36. The quantitative estimate of drug-likeness (QED) is 0.435. The number of amidine groups is 1. The van der Waals surface area contributed by atoms with Crippen LogP contribution in [0.1, 0.15) is 25.3 Å². The van der Waals surface area contributed by atoms with Gasteiger partial charge in [-0.1, -0.05) is 0 Å². The number of oxime groups is 1. The molecule has 0 radical (unpaired) electrons. The molecule has 0 bridgehead atoms. The average molecular weight is 490 g/mol. The van der Waals surface area contributed by atoms with Crippen LogP contribution < -0.4 is 32.1 Å². The molecular formula is C16H28Cl4N8O.